The van der Waals surface area contributed by atoms with Gasteiger partial charge in [0.1, 0.15) is 0 Å². The summed E-state index contributed by atoms with van der Waals surface area (Å²) < 4.78 is 0. The number of nitrogens with zero attached hydrogens (tertiary/aromatic N) is 2. The van der Waals surface area contributed by atoms with Crippen LogP contribution in [0.3, 0.4) is 0 Å². The van der Waals surface area contributed by atoms with Gasteiger partial charge in [0.2, 0.25) is 0 Å². The smallest absolute Gasteiger partial charge is 0.254 e. The minimum absolute atomic E-state index is 0. The Morgan fingerprint density at radius 1 is 1.00 bits per heavy atom. The maximum Gasteiger partial charge on any atom is 0.254 e. The van der Waals surface area contributed by atoms with E-state index in [1.807, 2.05) is 49.3 Å². The highest BCUT2D eigenvalue weighted by Gasteiger charge is 2.19. The second-order valence-electron chi connectivity index (χ2n) is 6.60. The van der Waals surface area contributed by atoms with E-state index in [-0.39, 0.29) is 18.3 Å². The third kappa shape index (κ3) is 5.05. The van der Waals surface area contributed by atoms with E-state index in [0.29, 0.717) is 6.54 Å². The van der Waals surface area contributed by atoms with Gasteiger partial charge >= 0.3 is 0 Å². The molecular weight excluding hydrogens is 334 g/mol. The zero-order valence-electron chi connectivity index (χ0n) is 14.9. The number of hydrogen-bond acceptors (Lipinski definition) is 3. The molecule has 0 aliphatic carbocycles. The highest BCUT2D eigenvalue weighted by Crippen LogP contribution is 2.19. The largest absolute Gasteiger partial charge is 0.333 e. The van der Waals surface area contributed by atoms with E-state index < -0.39 is 0 Å². The minimum Gasteiger partial charge on any atom is -0.333 e. The number of benzene rings is 2. The number of hydrogen-bond donors (Lipinski definition) is 1. The van der Waals surface area contributed by atoms with Crippen molar-refractivity contribution in [2.45, 2.75) is 19.6 Å². The average Bonchev–Trinajstić information content (AvgIpc) is 3.06. The molecule has 2 aromatic carbocycles. The van der Waals surface area contributed by atoms with Gasteiger partial charge in [-0.05, 0) is 42.9 Å². The first-order valence-corrected chi connectivity index (χ1v) is 8.44. The summed E-state index contributed by atoms with van der Waals surface area (Å²) in [5.74, 6) is 0.107. The van der Waals surface area contributed by atoms with Gasteiger partial charge in [-0.25, -0.2) is 0 Å². The van der Waals surface area contributed by atoms with Gasteiger partial charge in [-0.2, -0.15) is 0 Å². The third-order valence-electron chi connectivity index (χ3n) is 4.40. The van der Waals surface area contributed by atoms with Crippen LogP contribution in [-0.2, 0) is 19.6 Å². The van der Waals surface area contributed by atoms with Crippen LogP contribution in [0, 0.1) is 0 Å². The molecule has 1 heterocycles. The van der Waals surface area contributed by atoms with Crippen molar-refractivity contribution in [2.24, 2.45) is 0 Å². The number of carbonyl (C=O) groups is 1. The van der Waals surface area contributed by atoms with Gasteiger partial charge in [-0.15, -0.1) is 12.4 Å². The van der Waals surface area contributed by atoms with Crippen LogP contribution < -0.4 is 5.32 Å². The lowest BCUT2D eigenvalue weighted by molar-refractivity contribution is 0.0732. The number of rotatable bonds is 6. The molecule has 0 fully saturated rings. The molecule has 0 saturated carbocycles. The molecule has 1 amide bonds. The molecule has 0 saturated heterocycles. The molecule has 4 nitrogen and oxygen atoms in total. The Bertz CT molecular complexity index is 703. The summed E-state index contributed by atoms with van der Waals surface area (Å²) >= 11 is 0. The number of fused-ring (bicyclic) bond motifs is 1. The molecule has 3 rings (SSSR count). The topological polar surface area (TPSA) is 35.6 Å². The summed E-state index contributed by atoms with van der Waals surface area (Å²) in [5.41, 5.74) is 4.49. The second-order valence-corrected chi connectivity index (χ2v) is 6.60. The number of likely N-dealkylation sites (N-methyl/N-ethyl adjacent to an activating group) is 1. The molecule has 134 valence electrons. The first kappa shape index (κ1) is 19.4. The van der Waals surface area contributed by atoms with Crippen molar-refractivity contribution >= 4 is 18.3 Å². The molecule has 0 atom stereocenters. The van der Waals surface area contributed by atoms with Gasteiger partial charge in [-0.1, -0.05) is 36.4 Å². The van der Waals surface area contributed by atoms with Crippen LogP contribution in [-0.4, -0.2) is 42.9 Å². The molecule has 1 N–H and O–H groups in total. The molecule has 1 aliphatic rings. The Hall–Kier alpha value is -1.88. The molecule has 1 aliphatic heterocycles. The zero-order valence-corrected chi connectivity index (χ0v) is 15.7. The van der Waals surface area contributed by atoms with Crippen LogP contribution in [0.4, 0.5) is 0 Å². The molecule has 25 heavy (non-hydrogen) atoms. The van der Waals surface area contributed by atoms with Crippen LogP contribution in [0.5, 0.6) is 0 Å². The Balaban J connectivity index is 0.00000225. The molecule has 2 aromatic rings. The quantitative estimate of drug-likeness (QED) is 0.861. The highest BCUT2D eigenvalue weighted by molar-refractivity contribution is 5.94. The standard InChI is InChI=1S/C20H25N3O.ClH/c1-22(2)10-11-23(15-16-6-4-3-5-7-16)20(24)17-8-9-18-13-21-14-19(18)12-17;/h3-9,12,21H,10-11,13-15H2,1-2H3;1H. The van der Waals surface area contributed by atoms with Crippen LogP contribution in [0.15, 0.2) is 48.5 Å². The fourth-order valence-electron chi connectivity index (χ4n) is 2.99. The van der Waals surface area contributed by atoms with E-state index >= 15 is 0 Å². The first-order chi connectivity index (χ1) is 11.6. The maximum atomic E-state index is 13.0. The van der Waals surface area contributed by atoms with Gasteiger partial charge < -0.3 is 15.1 Å². The Morgan fingerprint density at radius 3 is 2.44 bits per heavy atom. The van der Waals surface area contributed by atoms with E-state index in [4.69, 9.17) is 0 Å². The fraction of sp³-hybridized carbons (Fsp3) is 0.350. The predicted molar refractivity (Wildman–Crippen MR) is 104 cm³/mol. The highest BCUT2D eigenvalue weighted by atomic mass is 35.5. The van der Waals surface area contributed by atoms with Crippen LogP contribution >= 0.6 is 12.4 Å². The van der Waals surface area contributed by atoms with E-state index in [0.717, 1.165) is 37.3 Å². The van der Waals surface area contributed by atoms with Crippen LogP contribution in [0.2, 0.25) is 0 Å². The number of amides is 1. The van der Waals surface area contributed by atoms with Crippen LogP contribution in [0.25, 0.3) is 0 Å². The molecule has 5 heteroatoms. The Labute approximate surface area is 156 Å². The lowest BCUT2D eigenvalue weighted by atomic mass is 10.1. The van der Waals surface area contributed by atoms with Gasteiger partial charge in [0.25, 0.3) is 5.91 Å². The van der Waals surface area contributed by atoms with Gasteiger partial charge in [0.15, 0.2) is 0 Å². The SMILES string of the molecule is CN(C)CCN(Cc1ccccc1)C(=O)c1ccc2c(c1)CNC2.Cl. The maximum absolute atomic E-state index is 13.0. The second kappa shape index (κ2) is 8.99. The van der Waals surface area contributed by atoms with E-state index in [1.165, 1.54) is 11.1 Å². The Morgan fingerprint density at radius 2 is 1.72 bits per heavy atom. The van der Waals surface area contributed by atoms with Crippen molar-refractivity contribution < 1.29 is 4.79 Å². The number of carbonyl (C=O) groups excluding carboxylic acids is 1. The molecule has 0 aromatic heterocycles. The average molecular weight is 360 g/mol. The van der Waals surface area contributed by atoms with Crippen molar-refractivity contribution in [3.8, 4) is 0 Å². The molecule has 0 radical (unpaired) electrons. The van der Waals surface area contributed by atoms with Crippen molar-refractivity contribution in [3.63, 3.8) is 0 Å². The van der Waals surface area contributed by atoms with E-state index in [1.54, 1.807) is 0 Å². The zero-order chi connectivity index (χ0) is 16.9. The Kier molecular flexibility index (Phi) is 7.00. The van der Waals surface area contributed by atoms with Crippen LogP contribution in [0.1, 0.15) is 27.0 Å². The van der Waals surface area contributed by atoms with Crippen molar-refractivity contribution in [1.82, 2.24) is 15.1 Å². The normalized spacial score (nSPS) is 12.6. The van der Waals surface area contributed by atoms with Gasteiger partial charge in [0, 0.05) is 38.3 Å². The van der Waals surface area contributed by atoms with E-state index in [9.17, 15) is 4.79 Å². The molecular formula is C20H26ClN3O. The first-order valence-electron chi connectivity index (χ1n) is 8.44. The number of nitrogens with one attached hydrogen (secondary N) is 1. The summed E-state index contributed by atoms with van der Waals surface area (Å²) in [6, 6.07) is 16.3. The third-order valence-corrected chi connectivity index (χ3v) is 4.40. The summed E-state index contributed by atoms with van der Waals surface area (Å²) in [4.78, 5) is 17.1. The lowest BCUT2D eigenvalue weighted by Gasteiger charge is -2.25. The number of halogens is 1. The summed E-state index contributed by atoms with van der Waals surface area (Å²) in [5, 5.41) is 3.33. The summed E-state index contributed by atoms with van der Waals surface area (Å²) in [6.07, 6.45) is 0. The summed E-state index contributed by atoms with van der Waals surface area (Å²) in [6.45, 7) is 3.97. The van der Waals surface area contributed by atoms with Gasteiger partial charge in [-0.3, -0.25) is 4.79 Å². The van der Waals surface area contributed by atoms with E-state index in [2.05, 4.69) is 28.4 Å². The summed E-state index contributed by atoms with van der Waals surface area (Å²) in [7, 11) is 4.07. The van der Waals surface area contributed by atoms with Crippen molar-refractivity contribution in [3.05, 3.63) is 70.8 Å². The molecule has 0 spiro atoms. The van der Waals surface area contributed by atoms with Crippen molar-refractivity contribution in [1.29, 1.82) is 0 Å². The van der Waals surface area contributed by atoms with Crippen molar-refractivity contribution in [2.75, 3.05) is 27.2 Å². The van der Waals surface area contributed by atoms with Gasteiger partial charge in [0.05, 0.1) is 0 Å². The lowest BCUT2D eigenvalue weighted by Crippen LogP contribution is -2.36. The molecule has 0 bridgehead atoms. The monoisotopic (exact) mass is 359 g/mol. The fourth-order valence-corrected chi connectivity index (χ4v) is 2.99. The minimum atomic E-state index is 0. The predicted octanol–water partition coefficient (Wildman–Crippen LogP) is 2.92. The molecule has 0 unspecified atom stereocenters.